The van der Waals surface area contributed by atoms with E-state index in [1.807, 2.05) is 26.0 Å². The second-order valence-electron chi connectivity index (χ2n) is 10.0. The zero-order chi connectivity index (χ0) is 27.6. The van der Waals surface area contributed by atoms with Crippen molar-refractivity contribution in [2.45, 2.75) is 57.1 Å². The van der Waals surface area contributed by atoms with E-state index < -0.39 is 24.1 Å². The maximum atomic E-state index is 13.1. The molecule has 1 aromatic heterocycles. The number of nitrogens with zero attached hydrogens (tertiary/aromatic N) is 3. The van der Waals surface area contributed by atoms with Gasteiger partial charge in [-0.1, -0.05) is 32.2 Å². The highest BCUT2D eigenvalue weighted by atomic mass is 32.2. The van der Waals surface area contributed by atoms with E-state index in [0.29, 0.717) is 19.4 Å². The Balaban J connectivity index is 1.59. The summed E-state index contributed by atoms with van der Waals surface area (Å²) >= 11 is 1.51. The van der Waals surface area contributed by atoms with Crippen LogP contribution in [0.4, 0.5) is 4.79 Å². The molecule has 10 heteroatoms. The van der Waals surface area contributed by atoms with Crippen LogP contribution in [-0.4, -0.2) is 81.1 Å². The summed E-state index contributed by atoms with van der Waals surface area (Å²) < 4.78 is 10.7. The maximum absolute atomic E-state index is 13.1. The fourth-order valence-corrected chi connectivity index (χ4v) is 7.20. The molecule has 4 heterocycles. The predicted molar refractivity (Wildman–Crippen MR) is 144 cm³/mol. The third kappa shape index (κ3) is 5.37. The number of aliphatic hydroxyl groups is 1. The number of carbonyl (C=O) groups excluding carboxylic acids is 3. The second-order valence-corrected chi connectivity index (χ2v) is 11.4. The first-order chi connectivity index (χ1) is 18.2. The molecule has 0 aliphatic carbocycles. The van der Waals surface area contributed by atoms with Crippen molar-refractivity contribution in [2.75, 3.05) is 19.8 Å². The van der Waals surface area contributed by atoms with Gasteiger partial charge in [0.2, 0.25) is 5.91 Å². The normalized spacial score (nSPS) is 27.1. The highest BCUT2D eigenvalue weighted by Crippen LogP contribution is 2.52. The number of likely N-dealkylation sites (tertiary alicyclic amines) is 1. The zero-order valence-corrected chi connectivity index (χ0v) is 22.9. The summed E-state index contributed by atoms with van der Waals surface area (Å²) in [6.07, 6.45) is 4.87. The van der Waals surface area contributed by atoms with Gasteiger partial charge in [0.15, 0.2) is 0 Å². The summed E-state index contributed by atoms with van der Waals surface area (Å²) in [4.78, 5) is 47.2. The van der Waals surface area contributed by atoms with E-state index in [-0.39, 0.29) is 48.1 Å². The zero-order valence-electron chi connectivity index (χ0n) is 22.0. The minimum Gasteiger partial charge on any atom is -0.457 e. The number of aryl methyl sites for hydroxylation is 1. The summed E-state index contributed by atoms with van der Waals surface area (Å²) in [7, 11) is 0. The van der Waals surface area contributed by atoms with Crippen molar-refractivity contribution in [1.82, 2.24) is 14.8 Å². The van der Waals surface area contributed by atoms with Crippen LogP contribution < -0.4 is 0 Å². The first kappa shape index (κ1) is 27.9. The fraction of sp³-hybridized carbons (Fsp3) is 0.500. The lowest BCUT2D eigenvalue weighted by atomic mass is 9.79. The monoisotopic (exact) mass is 541 g/mol. The van der Waals surface area contributed by atoms with Crippen LogP contribution in [0.3, 0.4) is 0 Å². The van der Waals surface area contributed by atoms with Gasteiger partial charge in [-0.3, -0.25) is 9.78 Å². The van der Waals surface area contributed by atoms with Gasteiger partial charge < -0.3 is 24.4 Å². The number of hydrogen-bond acceptors (Lipinski definition) is 8. The molecule has 2 amide bonds. The first-order valence-corrected chi connectivity index (χ1v) is 13.7. The topological polar surface area (TPSA) is 109 Å². The molecule has 0 bridgehead atoms. The number of amides is 2. The standard InChI is InChI=1S/C28H35N3O6S/c1-6-10-36-27(34)24-25(17(4)23-22(18(5)32)26(33)31(23)24)38-21-14-20(13-19-8-9-29-16(3)12-19)30(15-21)28(35)37-11-7-2/h6-9,12,17-18,20-23,32H,1-2,10-11,13-15H2,3-5H3/t17-,18-,20-,21+,22-,23-/m1/s1. The Labute approximate surface area is 227 Å². The van der Waals surface area contributed by atoms with Crippen LogP contribution in [0.15, 0.2) is 54.2 Å². The number of β-lactam (4-membered cyclic amide) rings is 1. The van der Waals surface area contributed by atoms with E-state index in [1.54, 1.807) is 18.0 Å². The molecule has 3 aliphatic heterocycles. The molecule has 0 unspecified atom stereocenters. The average Bonchev–Trinajstić information content (AvgIpc) is 3.37. The van der Waals surface area contributed by atoms with Crippen molar-refractivity contribution in [1.29, 1.82) is 0 Å². The smallest absolute Gasteiger partial charge is 0.410 e. The van der Waals surface area contributed by atoms with E-state index in [4.69, 9.17) is 9.47 Å². The molecule has 6 atom stereocenters. The first-order valence-electron chi connectivity index (χ1n) is 12.8. The molecule has 3 aliphatic rings. The van der Waals surface area contributed by atoms with E-state index in [0.717, 1.165) is 16.2 Å². The van der Waals surface area contributed by atoms with E-state index >= 15 is 0 Å². The van der Waals surface area contributed by atoms with Crippen LogP contribution in [0.25, 0.3) is 0 Å². The molecule has 1 aromatic rings. The molecule has 38 heavy (non-hydrogen) atoms. The van der Waals surface area contributed by atoms with Gasteiger partial charge in [0.1, 0.15) is 18.9 Å². The SMILES string of the molecule is C=CCOC(=O)C1=C(S[C@H]2C[C@@H](Cc3ccnc(C)c3)N(C(=O)OCC=C)C2)[C@H](C)[C@@H]2[C@@H]([C@@H](C)O)C(=O)N12. The summed E-state index contributed by atoms with van der Waals surface area (Å²) in [5.41, 5.74) is 2.22. The van der Waals surface area contributed by atoms with Crippen molar-refractivity contribution in [3.63, 3.8) is 0 Å². The Morgan fingerprint density at radius 3 is 2.66 bits per heavy atom. The lowest BCUT2D eigenvalue weighted by Gasteiger charge is -2.46. The van der Waals surface area contributed by atoms with Gasteiger partial charge in [-0.05, 0) is 44.4 Å². The number of thioether (sulfide) groups is 1. The lowest BCUT2D eigenvalue weighted by Crippen LogP contribution is -2.63. The van der Waals surface area contributed by atoms with Crippen LogP contribution in [0.1, 0.15) is 31.5 Å². The Morgan fingerprint density at radius 1 is 1.29 bits per heavy atom. The molecule has 2 fully saturated rings. The van der Waals surface area contributed by atoms with Gasteiger partial charge in [0, 0.05) is 40.6 Å². The van der Waals surface area contributed by atoms with Crippen molar-refractivity contribution in [3.05, 3.63) is 65.5 Å². The Morgan fingerprint density at radius 2 is 2.00 bits per heavy atom. The molecule has 0 spiro atoms. The molecule has 2 saturated heterocycles. The van der Waals surface area contributed by atoms with Crippen molar-refractivity contribution in [2.24, 2.45) is 11.8 Å². The van der Waals surface area contributed by atoms with E-state index in [1.165, 1.54) is 28.8 Å². The fourth-order valence-electron chi connectivity index (χ4n) is 5.64. The number of hydrogen-bond donors (Lipinski definition) is 1. The molecule has 0 aromatic carbocycles. The van der Waals surface area contributed by atoms with Gasteiger partial charge >= 0.3 is 12.1 Å². The molecule has 0 saturated carbocycles. The van der Waals surface area contributed by atoms with Crippen molar-refractivity contribution < 1.29 is 29.0 Å². The van der Waals surface area contributed by atoms with Gasteiger partial charge in [-0.25, -0.2) is 9.59 Å². The maximum Gasteiger partial charge on any atom is 0.410 e. The highest BCUT2D eigenvalue weighted by Gasteiger charge is 2.60. The Kier molecular flexibility index (Phi) is 8.62. The predicted octanol–water partition coefficient (Wildman–Crippen LogP) is 3.23. The van der Waals surface area contributed by atoms with Gasteiger partial charge in [-0.15, -0.1) is 11.8 Å². The summed E-state index contributed by atoms with van der Waals surface area (Å²) in [6.45, 7) is 13.3. The van der Waals surface area contributed by atoms with E-state index in [9.17, 15) is 19.5 Å². The average molecular weight is 542 g/mol. The quantitative estimate of drug-likeness (QED) is 0.273. The van der Waals surface area contributed by atoms with Crippen molar-refractivity contribution in [3.8, 4) is 0 Å². The largest absolute Gasteiger partial charge is 0.457 e. The Bertz CT molecular complexity index is 1150. The van der Waals surface area contributed by atoms with E-state index in [2.05, 4.69) is 18.1 Å². The number of esters is 1. The molecule has 204 valence electrons. The van der Waals surface area contributed by atoms with Crippen LogP contribution in [0.2, 0.25) is 0 Å². The molecular weight excluding hydrogens is 506 g/mol. The lowest BCUT2D eigenvalue weighted by molar-refractivity contribution is -0.164. The van der Waals surface area contributed by atoms with Crippen molar-refractivity contribution >= 4 is 29.7 Å². The molecule has 9 nitrogen and oxygen atoms in total. The third-order valence-electron chi connectivity index (χ3n) is 7.30. The van der Waals surface area contributed by atoms with Crippen LogP contribution >= 0.6 is 11.8 Å². The number of aromatic nitrogens is 1. The minimum absolute atomic E-state index is 0.0287. The van der Waals surface area contributed by atoms with Gasteiger partial charge in [-0.2, -0.15) is 0 Å². The number of ether oxygens (including phenoxy) is 2. The third-order valence-corrected chi connectivity index (χ3v) is 8.79. The van der Waals surface area contributed by atoms with Crippen LogP contribution in [0, 0.1) is 18.8 Å². The minimum atomic E-state index is -0.823. The van der Waals surface area contributed by atoms with Crippen LogP contribution in [-0.2, 0) is 25.5 Å². The highest BCUT2D eigenvalue weighted by molar-refractivity contribution is 8.03. The van der Waals surface area contributed by atoms with Crippen LogP contribution in [0.5, 0.6) is 0 Å². The summed E-state index contributed by atoms with van der Waals surface area (Å²) in [6, 6.07) is 3.55. The molecular formula is C28H35N3O6S. The number of rotatable bonds is 10. The Hall–Kier alpha value is -3.11. The molecule has 4 rings (SSSR count). The molecule has 1 N–H and O–H groups in total. The molecule has 0 radical (unpaired) electrons. The number of pyridine rings is 1. The summed E-state index contributed by atoms with van der Waals surface area (Å²) in [5.74, 6) is -1.58. The summed E-state index contributed by atoms with van der Waals surface area (Å²) in [5, 5.41) is 10.2. The number of carbonyl (C=O) groups is 3. The number of aliphatic hydroxyl groups excluding tert-OH is 1. The second kappa shape index (κ2) is 11.7. The number of fused-ring (bicyclic) bond motifs is 1. The van der Waals surface area contributed by atoms with Gasteiger partial charge in [0.25, 0.3) is 0 Å². The van der Waals surface area contributed by atoms with Gasteiger partial charge in [0.05, 0.1) is 18.1 Å².